The van der Waals surface area contributed by atoms with Crippen molar-refractivity contribution in [3.63, 3.8) is 0 Å². The van der Waals surface area contributed by atoms with Gasteiger partial charge in [0, 0.05) is 30.5 Å². The molecule has 0 aliphatic heterocycles. The lowest BCUT2D eigenvalue weighted by Crippen LogP contribution is -2.05. The van der Waals surface area contributed by atoms with Gasteiger partial charge in [-0.2, -0.15) is 0 Å². The molecule has 0 saturated heterocycles. The molecule has 5 heteroatoms. The van der Waals surface area contributed by atoms with Crippen LogP contribution in [-0.4, -0.2) is 17.7 Å². The van der Waals surface area contributed by atoms with Crippen LogP contribution in [0, 0.1) is 12.7 Å². The van der Waals surface area contributed by atoms with Gasteiger partial charge in [0.25, 0.3) is 0 Å². The van der Waals surface area contributed by atoms with E-state index in [-0.39, 0.29) is 29.0 Å². The molecule has 0 aliphatic rings. The van der Waals surface area contributed by atoms with Gasteiger partial charge in [-0.25, -0.2) is 4.39 Å². The number of aromatic hydroxyl groups is 1. The zero-order valence-electron chi connectivity index (χ0n) is 13.4. The van der Waals surface area contributed by atoms with Gasteiger partial charge >= 0.3 is 5.97 Å². The maximum atomic E-state index is 14.5. The zero-order chi connectivity index (χ0) is 17.0. The van der Waals surface area contributed by atoms with Gasteiger partial charge in [0.05, 0.1) is 6.61 Å². The Balaban J connectivity index is 2.29. The molecule has 2 rings (SSSR count). The van der Waals surface area contributed by atoms with Crippen LogP contribution in [0.4, 0.5) is 4.39 Å². The Morgan fingerprint density at radius 1 is 1.26 bits per heavy atom. The summed E-state index contributed by atoms with van der Waals surface area (Å²) >= 11 is 0. The van der Waals surface area contributed by atoms with Crippen LogP contribution >= 0.6 is 0 Å². The third kappa shape index (κ3) is 4.00. The van der Waals surface area contributed by atoms with Gasteiger partial charge < -0.3 is 14.6 Å². The second-order valence-corrected chi connectivity index (χ2v) is 5.16. The fraction of sp³-hybridized carbons (Fsp3) is 0.278. The third-order valence-corrected chi connectivity index (χ3v) is 3.41. The average Bonchev–Trinajstić information content (AvgIpc) is 2.50. The highest BCUT2D eigenvalue weighted by Gasteiger charge is 2.17. The van der Waals surface area contributed by atoms with Crippen molar-refractivity contribution in [3.8, 4) is 17.2 Å². The van der Waals surface area contributed by atoms with E-state index in [9.17, 15) is 14.3 Å². The van der Waals surface area contributed by atoms with Gasteiger partial charge in [0.15, 0.2) is 0 Å². The highest BCUT2D eigenvalue weighted by Crippen LogP contribution is 2.33. The maximum absolute atomic E-state index is 14.5. The number of carbonyl (C=O) groups is 1. The Morgan fingerprint density at radius 2 is 1.91 bits per heavy atom. The van der Waals surface area contributed by atoms with Gasteiger partial charge in [-0.1, -0.05) is 12.1 Å². The van der Waals surface area contributed by atoms with E-state index in [4.69, 9.17) is 9.47 Å². The van der Waals surface area contributed by atoms with Crippen molar-refractivity contribution in [1.29, 1.82) is 0 Å². The molecule has 0 unspecified atom stereocenters. The summed E-state index contributed by atoms with van der Waals surface area (Å²) in [5.41, 5.74) is 1.20. The molecular weight excluding hydrogens is 299 g/mol. The number of carbonyl (C=O) groups excluding carboxylic acids is 1. The van der Waals surface area contributed by atoms with E-state index in [1.54, 1.807) is 12.1 Å². The van der Waals surface area contributed by atoms with Crippen LogP contribution in [0.3, 0.4) is 0 Å². The molecule has 0 saturated carbocycles. The molecule has 2 aromatic rings. The first kappa shape index (κ1) is 16.8. The SMILES string of the molecule is CCOc1ccc(Cc2c(O)cc(OC(C)=O)c(C)c2F)cc1. The van der Waals surface area contributed by atoms with Crippen molar-refractivity contribution in [1.82, 2.24) is 0 Å². The Morgan fingerprint density at radius 3 is 2.48 bits per heavy atom. The summed E-state index contributed by atoms with van der Waals surface area (Å²) in [7, 11) is 0. The van der Waals surface area contributed by atoms with Gasteiger partial charge in [-0.05, 0) is 31.5 Å². The first-order valence-electron chi connectivity index (χ1n) is 7.33. The number of benzene rings is 2. The van der Waals surface area contributed by atoms with Crippen molar-refractivity contribution < 1.29 is 23.8 Å². The van der Waals surface area contributed by atoms with Crippen LogP contribution in [-0.2, 0) is 11.2 Å². The molecule has 2 aromatic carbocycles. The number of rotatable bonds is 5. The Hall–Kier alpha value is -2.56. The fourth-order valence-corrected chi connectivity index (χ4v) is 2.27. The molecule has 0 fully saturated rings. The standard InChI is InChI=1S/C18H19FO4/c1-4-22-14-7-5-13(6-8-14)9-15-16(21)10-17(23-12(3)20)11(2)18(15)19/h5-8,10,21H,4,9H2,1-3H3. The topological polar surface area (TPSA) is 55.8 Å². The molecule has 4 nitrogen and oxygen atoms in total. The number of phenols is 1. The monoisotopic (exact) mass is 318 g/mol. The fourth-order valence-electron chi connectivity index (χ4n) is 2.27. The molecule has 0 amide bonds. The minimum Gasteiger partial charge on any atom is -0.507 e. The van der Waals surface area contributed by atoms with Crippen molar-refractivity contribution >= 4 is 5.97 Å². The van der Waals surface area contributed by atoms with Crippen LogP contribution < -0.4 is 9.47 Å². The summed E-state index contributed by atoms with van der Waals surface area (Å²) in [4.78, 5) is 11.0. The van der Waals surface area contributed by atoms with Crippen molar-refractivity contribution in [2.45, 2.75) is 27.2 Å². The normalized spacial score (nSPS) is 10.4. The third-order valence-electron chi connectivity index (χ3n) is 3.41. The summed E-state index contributed by atoms with van der Waals surface area (Å²) in [5.74, 6) is -0.607. The molecule has 0 aromatic heterocycles. The molecule has 0 spiro atoms. The minimum atomic E-state index is -0.574. The number of halogens is 1. The molecule has 1 N–H and O–H groups in total. The molecule has 0 radical (unpaired) electrons. The van der Waals surface area contributed by atoms with Gasteiger partial charge in [-0.15, -0.1) is 0 Å². The van der Waals surface area contributed by atoms with Crippen LogP contribution in [0.2, 0.25) is 0 Å². The van der Waals surface area contributed by atoms with E-state index < -0.39 is 11.8 Å². The van der Waals surface area contributed by atoms with E-state index in [0.29, 0.717) is 6.61 Å². The zero-order valence-corrected chi connectivity index (χ0v) is 13.4. The van der Waals surface area contributed by atoms with Crippen LogP contribution in [0.1, 0.15) is 30.5 Å². The maximum Gasteiger partial charge on any atom is 0.308 e. The summed E-state index contributed by atoms with van der Waals surface area (Å²) in [5, 5.41) is 10.1. The van der Waals surface area contributed by atoms with Crippen LogP contribution in [0.5, 0.6) is 17.2 Å². The van der Waals surface area contributed by atoms with Gasteiger partial charge in [0.1, 0.15) is 23.1 Å². The predicted molar refractivity (Wildman–Crippen MR) is 84.5 cm³/mol. The molecule has 0 atom stereocenters. The Kier molecular flexibility index (Phi) is 5.21. The molecular formula is C18H19FO4. The lowest BCUT2D eigenvalue weighted by atomic mass is 10.0. The first-order chi connectivity index (χ1) is 10.9. The average molecular weight is 318 g/mol. The van der Waals surface area contributed by atoms with E-state index in [2.05, 4.69) is 0 Å². The molecule has 23 heavy (non-hydrogen) atoms. The van der Waals surface area contributed by atoms with E-state index in [0.717, 1.165) is 11.3 Å². The lowest BCUT2D eigenvalue weighted by Gasteiger charge is -2.13. The second-order valence-electron chi connectivity index (χ2n) is 5.16. The molecule has 0 bridgehead atoms. The summed E-state index contributed by atoms with van der Waals surface area (Å²) in [6, 6.07) is 8.50. The van der Waals surface area contributed by atoms with E-state index in [1.165, 1.54) is 19.9 Å². The quantitative estimate of drug-likeness (QED) is 0.674. The number of esters is 1. The smallest absolute Gasteiger partial charge is 0.308 e. The second kappa shape index (κ2) is 7.13. The number of hydrogen-bond donors (Lipinski definition) is 1. The van der Waals surface area contributed by atoms with E-state index >= 15 is 0 Å². The summed E-state index contributed by atoms with van der Waals surface area (Å²) < 4.78 is 24.7. The summed E-state index contributed by atoms with van der Waals surface area (Å²) in [6.45, 7) is 5.21. The Labute approximate surface area is 134 Å². The van der Waals surface area contributed by atoms with Crippen LogP contribution in [0.25, 0.3) is 0 Å². The molecule has 0 heterocycles. The molecule has 0 aliphatic carbocycles. The highest BCUT2D eigenvalue weighted by molar-refractivity contribution is 5.70. The Bertz CT molecular complexity index is 708. The van der Waals surface area contributed by atoms with Crippen molar-refractivity contribution in [3.05, 3.63) is 52.8 Å². The number of hydrogen-bond acceptors (Lipinski definition) is 4. The van der Waals surface area contributed by atoms with Gasteiger partial charge in [0.2, 0.25) is 0 Å². The van der Waals surface area contributed by atoms with Crippen molar-refractivity contribution in [2.75, 3.05) is 6.61 Å². The van der Waals surface area contributed by atoms with Crippen LogP contribution in [0.15, 0.2) is 30.3 Å². The number of ether oxygens (including phenoxy) is 2. The number of phenolic OH excluding ortho intramolecular Hbond substituents is 1. The first-order valence-corrected chi connectivity index (χ1v) is 7.33. The van der Waals surface area contributed by atoms with Gasteiger partial charge in [-0.3, -0.25) is 4.79 Å². The lowest BCUT2D eigenvalue weighted by molar-refractivity contribution is -0.131. The largest absolute Gasteiger partial charge is 0.507 e. The molecule has 122 valence electrons. The van der Waals surface area contributed by atoms with Crippen molar-refractivity contribution in [2.24, 2.45) is 0 Å². The highest BCUT2D eigenvalue weighted by atomic mass is 19.1. The minimum absolute atomic E-state index is 0.0305. The predicted octanol–water partition coefficient (Wildman–Crippen LogP) is 3.75. The van der Waals surface area contributed by atoms with E-state index in [1.807, 2.05) is 19.1 Å². The summed E-state index contributed by atoms with van der Waals surface area (Å²) in [6.07, 6.45) is 0.227.